The Kier molecular flexibility index (Phi) is 7.70. The van der Waals surface area contributed by atoms with E-state index >= 15 is 0 Å². The van der Waals surface area contributed by atoms with Crippen molar-refractivity contribution in [2.75, 3.05) is 23.8 Å². The second-order valence-electron chi connectivity index (χ2n) is 8.61. The minimum Gasteiger partial charge on any atom is -0.490 e. The number of nitrogens with one attached hydrogen (secondary N) is 2. The summed E-state index contributed by atoms with van der Waals surface area (Å²) in [6.45, 7) is 9.12. The maximum Gasteiger partial charge on any atom is 0.255 e. The first kappa shape index (κ1) is 24.3. The molecular weight excluding hydrogens is 442 g/mol. The highest BCUT2D eigenvalue weighted by atomic mass is 16.5. The number of aryl methyl sites for hydroxylation is 1. The SMILES string of the molecule is CCCCCOc1ccc(C2C(C(=O)Nc3cccc(C)c3)=C(C)Nc3ncnn32)cc1OCC. The molecule has 1 aromatic heterocycles. The Hall–Kier alpha value is -3.81. The second kappa shape index (κ2) is 11.1. The first-order valence-corrected chi connectivity index (χ1v) is 12.2. The van der Waals surface area contributed by atoms with Crippen molar-refractivity contribution >= 4 is 17.5 Å². The zero-order chi connectivity index (χ0) is 24.8. The van der Waals surface area contributed by atoms with Crippen molar-refractivity contribution < 1.29 is 14.3 Å². The fraction of sp³-hybridized carbons (Fsp3) is 0.370. The van der Waals surface area contributed by atoms with Gasteiger partial charge in [-0.15, -0.1) is 0 Å². The van der Waals surface area contributed by atoms with E-state index in [9.17, 15) is 4.79 Å². The summed E-state index contributed by atoms with van der Waals surface area (Å²) >= 11 is 0. The third-order valence-corrected chi connectivity index (χ3v) is 5.90. The summed E-state index contributed by atoms with van der Waals surface area (Å²) < 4.78 is 13.7. The van der Waals surface area contributed by atoms with Gasteiger partial charge in [0.1, 0.15) is 12.4 Å². The van der Waals surface area contributed by atoms with E-state index in [-0.39, 0.29) is 5.91 Å². The number of rotatable bonds is 10. The maximum atomic E-state index is 13.6. The maximum absolute atomic E-state index is 13.6. The Balaban J connectivity index is 1.69. The Bertz CT molecular complexity index is 1220. The van der Waals surface area contributed by atoms with Crippen LogP contribution < -0.4 is 20.1 Å². The number of hydrogen-bond donors (Lipinski definition) is 2. The first-order valence-electron chi connectivity index (χ1n) is 12.2. The first-order chi connectivity index (χ1) is 17.0. The second-order valence-corrected chi connectivity index (χ2v) is 8.61. The number of aromatic nitrogens is 3. The topological polar surface area (TPSA) is 90.3 Å². The summed E-state index contributed by atoms with van der Waals surface area (Å²) in [5.41, 5.74) is 3.95. The molecule has 1 atom stereocenters. The third kappa shape index (κ3) is 5.48. The molecule has 1 aliphatic rings. The lowest BCUT2D eigenvalue weighted by Crippen LogP contribution is -2.31. The molecule has 2 heterocycles. The number of amides is 1. The molecule has 184 valence electrons. The Labute approximate surface area is 206 Å². The van der Waals surface area contributed by atoms with Crippen molar-refractivity contribution in [3.63, 3.8) is 0 Å². The van der Waals surface area contributed by atoms with Crippen LogP contribution in [0.25, 0.3) is 0 Å². The van der Waals surface area contributed by atoms with Gasteiger partial charge in [0.05, 0.1) is 18.8 Å². The number of unbranched alkanes of at least 4 members (excludes halogenated alkanes) is 2. The molecular formula is C27H33N5O3. The van der Waals surface area contributed by atoms with E-state index in [4.69, 9.17) is 9.47 Å². The van der Waals surface area contributed by atoms with Gasteiger partial charge in [-0.25, -0.2) is 4.68 Å². The normalized spacial score (nSPS) is 14.8. The van der Waals surface area contributed by atoms with Gasteiger partial charge in [0.2, 0.25) is 5.95 Å². The van der Waals surface area contributed by atoms with Gasteiger partial charge in [-0.2, -0.15) is 10.1 Å². The van der Waals surface area contributed by atoms with E-state index in [0.717, 1.165) is 41.8 Å². The van der Waals surface area contributed by atoms with Crippen LogP contribution in [0.1, 0.15) is 57.2 Å². The van der Waals surface area contributed by atoms with Crippen molar-refractivity contribution in [1.82, 2.24) is 14.8 Å². The number of allylic oxidation sites excluding steroid dienone is 1. The summed E-state index contributed by atoms with van der Waals surface area (Å²) in [6.07, 6.45) is 4.73. The van der Waals surface area contributed by atoms with E-state index in [2.05, 4.69) is 27.6 Å². The van der Waals surface area contributed by atoms with Crippen LogP contribution in [-0.4, -0.2) is 33.9 Å². The largest absolute Gasteiger partial charge is 0.490 e. The molecule has 3 aromatic rings. The van der Waals surface area contributed by atoms with Crippen molar-refractivity contribution in [2.45, 2.75) is 53.0 Å². The number of anilines is 2. The number of ether oxygens (including phenoxy) is 2. The fourth-order valence-electron chi connectivity index (χ4n) is 4.23. The van der Waals surface area contributed by atoms with Crippen LogP contribution in [0.2, 0.25) is 0 Å². The van der Waals surface area contributed by atoms with Crippen LogP contribution in [0.3, 0.4) is 0 Å². The molecule has 8 nitrogen and oxygen atoms in total. The van der Waals surface area contributed by atoms with Crippen LogP contribution in [-0.2, 0) is 4.79 Å². The molecule has 1 amide bonds. The lowest BCUT2D eigenvalue weighted by atomic mass is 9.94. The molecule has 0 spiro atoms. The van der Waals surface area contributed by atoms with Crippen LogP contribution in [0, 0.1) is 6.92 Å². The summed E-state index contributed by atoms with van der Waals surface area (Å²) in [5.74, 6) is 1.73. The van der Waals surface area contributed by atoms with Gasteiger partial charge < -0.3 is 20.1 Å². The monoisotopic (exact) mass is 475 g/mol. The van der Waals surface area contributed by atoms with Crippen molar-refractivity contribution in [2.24, 2.45) is 0 Å². The van der Waals surface area contributed by atoms with Crippen LogP contribution in [0.15, 0.2) is 60.1 Å². The van der Waals surface area contributed by atoms with Crippen molar-refractivity contribution in [3.05, 3.63) is 71.2 Å². The molecule has 1 unspecified atom stereocenters. The number of carbonyl (C=O) groups is 1. The van der Waals surface area contributed by atoms with E-state index in [1.54, 1.807) is 4.68 Å². The Morgan fingerprint density at radius 2 is 1.94 bits per heavy atom. The highest BCUT2D eigenvalue weighted by Crippen LogP contribution is 2.39. The van der Waals surface area contributed by atoms with Crippen molar-refractivity contribution in [3.8, 4) is 11.5 Å². The molecule has 0 saturated heterocycles. The molecule has 0 saturated carbocycles. The minimum atomic E-state index is -0.480. The molecule has 1 aliphatic heterocycles. The Morgan fingerprint density at radius 1 is 1.09 bits per heavy atom. The quantitative estimate of drug-likeness (QED) is 0.377. The molecule has 8 heteroatoms. The molecule has 2 N–H and O–H groups in total. The van der Waals surface area contributed by atoms with Gasteiger partial charge in [0, 0.05) is 11.4 Å². The number of carbonyl (C=O) groups excluding carboxylic acids is 1. The molecule has 0 aliphatic carbocycles. The van der Waals surface area contributed by atoms with Gasteiger partial charge in [-0.05, 0) is 62.6 Å². The Morgan fingerprint density at radius 3 is 2.71 bits per heavy atom. The lowest BCUT2D eigenvalue weighted by molar-refractivity contribution is -0.113. The smallest absolute Gasteiger partial charge is 0.255 e. The zero-order valence-corrected chi connectivity index (χ0v) is 20.8. The number of hydrogen-bond acceptors (Lipinski definition) is 6. The van der Waals surface area contributed by atoms with Crippen LogP contribution >= 0.6 is 0 Å². The zero-order valence-electron chi connectivity index (χ0n) is 20.8. The fourth-order valence-corrected chi connectivity index (χ4v) is 4.23. The predicted molar refractivity (Wildman–Crippen MR) is 137 cm³/mol. The molecule has 4 rings (SSSR count). The molecule has 2 aromatic carbocycles. The van der Waals surface area contributed by atoms with Gasteiger partial charge in [-0.3, -0.25) is 4.79 Å². The van der Waals surface area contributed by atoms with Gasteiger partial charge in [-0.1, -0.05) is 38.0 Å². The average Bonchev–Trinajstić information content (AvgIpc) is 3.30. The summed E-state index contributed by atoms with van der Waals surface area (Å²) in [7, 11) is 0. The van der Waals surface area contributed by atoms with Crippen LogP contribution in [0.5, 0.6) is 11.5 Å². The summed E-state index contributed by atoms with van der Waals surface area (Å²) in [5, 5.41) is 10.7. The third-order valence-electron chi connectivity index (χ3n) is 5.90. The summed E-state index contributed by atoms with van der Waals surface area (Å²) in [4.78, 5) is 17.9. The van der Waals surface area contributed by atoms with Crippen LogP contribution in [0.4, 0.5) is 11.6 Å². The van der Waals surface area contributed by atoms with E-state index in [0.29, 0.717) is 36.2 Å². The summed E-state index contributed by atoms with van der Waals surface area (Å²) in [6, 6.07) is 13.1. The van der Waals surface area contributed by atoms with E-state index in [1.165, 1.54) is 6.33 Å². The number of benzene rings is 2. The lowest BCUT2D eigenvalue weighted by Gasteiger charge is -2.29. The highest BCUT2D eigenvalue weighted by molar-refractivity contribution is 6.06. The van der Waals surface area contributed by atoms with Crippen molar-refractivity contribution in [1.29, 1.82) is 0 Å². The van der Waals surface area contributed by atoms with E-state index < -0.39 is 6.04 Å². The van der Waals surface area contributed by atoms with Gasteiger partial charge in [0.15, 0.2) is 11.5 Å². The molecule has 0 radical (unpaired) electrons. The standard InChI is InChI=1S/C27H33N5O3/c1-5-7-8-14-35-22-13-12-20(16-23(22)34-6-2)25-24(19(4)30-27-28-17-29-32(25)27)26(33)31-21-11-9-10-18(3)15-21/h9-13,15-17,25H,5-8,14H2,1-4H3,(H,31,33)(H,28,29,30). The van der Waals surface area contributed by atoms with Gasteiger partial charge in [0.25, 0.3) is 5.91 Å². The highest BCUT2D eigenvalue weighted by Gasteiger charge is 2.34. The molecule has 0 bridgehead atoms. The predicted octanol–water partition coefficient (Wildman–Crippen LogP) is 5.48. The van der Waals surface area contributed by atoms with E-state index in [1.807, 2.05) is 63.2 Å². The minimum absolute atomic E-state index is 0.204. The number of nitrogens with zero attached hydrogens (tertiary/aromatic N) is 3. The average molecular weight is 476 g/mol. The molecule has 0 fully saturated rings. The molecule has 35 heavy (non-hydrogen) atoms. The van der Waals surface area contributed by atoms with Gasteiger partial charge >= 0.3 is 0 Å². The number of fused-ring (bicyclic) bond motifs is 1.